The SMILES string of the molecule is COCC(Cc1ccccc1)C(=O)O. The summed E-state index contributed by atoms with van der Waals surface area (Å²) in [6.45, 7) is 0.254. The summed E-state index contributed by atoms with van der Waals surface area (Å²) < 4.78 is 4.86. The highest BCUT2D eigenvalue weighted by Crippen LogP contribution is 2.09. The number of ether oxygens (including phenoxy) is 1. The smallest absolute Gasteiger partial charge is 0.309 e. The quantitative estimate of drug-likeness (QED) is 0.774. The van der Waals surface area contributed by atoms with Gasteiger partial charge in [-0.3, -0.25) is 4.79 Å². The van der Waals surface area contributed by atoms with Crippen molar-refractivity contribution in [1.82, 2.24) is 0 Å². The fraction of sp³-hybridized carbons (Fsp3) is 0.364. The molecule has 0 aliphatic heterocycles. The molecule has 76 valence electrons. The summed E-state index contributed by atoms with van der Waals surface area (Å²) in [6, 6.07) is 9.56. The van der Waals surface area contributed by atoms with Crippen LogP contribution in [0.15, 0.2) is 30.3 Å². The van der Waals surface area contributed by atoms with E-state index in [9.17, 15) is 4.79 Å². The van der Waals surface area contributed by atoms with E-state index in [0.717, 1.165) is 5.56 Å². The van der Waals surface area contributed by atoms with Crippen molar-refractivity contribution in [2.45, 2.75) is 6.42 Å². The number of hydrogen-bond donors (Lipinski definition) is 1. The fourth-order valence-corrected chi connectivity index (χ4v) is 1.32. The van der Waals surface area contributed by atoms with Gasteiger partial charge in [-0.05, 0) is 12.0 Å². The summed E-state index contributed by atoms with van der Waals surface area (Å²) in [5, 5.41) is 8.89. The molecule has 0 saturated carbocycles. The Hall–Kier alpha value is -1.35. The standard InChI is InChI=1S/C11H14O3/c1-14-8-10(11(12)13)7-9-5-3-2-4-6-9/h2-6,10H,7-8H2,1H3,(H,12,13). The van der Waals surface area contributed by atoms with Crippen LogP contribution in [-0.4, -0.2) is 24.8 Å². The Morgan fingerprint density at radius 3 is 2.57 bits per heavy atom. The summed E-state index contributed by atoms with van der Waals surface area (Å²) in [6.07, 6.45) is 0.518. The van der Waals surface area contributed by atoms with E-state index in [0.29, 0.717) is 6.42 Å². The van der Waals surface area contributed by atoms with Crippen LogP contribution in [0.2, 0.25) is 0 Å². The van der Waals surface area contributed by atoms with Gasteiger partial charge in [-0.1, -0.05) is 30.3 Å². The minimum atomic E-state index is -0.810. The third kappa shape index (κ3) is 3.18. The molecule has 1 aromatic carbocycles. The fourth-order valence-electron chi connectivity index (χ4n) is 1.32. The molecule has 3 heteroatoms. The number of benzene rings is 1. The van der Waals surface area contributed by atoms with Crippen molar-refractivity contribution < 1.29 is 14.6 Å². The Morgan fingerprint density at radius 1 is 1.43 bits per heavy atom. The predicted molar refractivity (Wildman–Crippen MR) is 53.1 cm³/mol. The highest BCUT2D eigenvalue weighted by molar-refractivity contribution is 5.70. The van der Waals surface area contributed by atoms with E-state index in [1.807, 2.05) is 30.3 Å². The number of carboxylic acids is 1. The van der Waals surface area contributed by atoms with Gasteiger partial charge < -0.3 is 9.84 Å². The van der Waals surface area contributed by atoms with E-state index < -0.39 is 11.9 Å². The molecule has 0 saturated heterocycles. The molecule has 0 aliphatic carbocycles. The number of carbonyl (C=O) groups is 1. The lowest BCUT2D eigenvalue weighted by Gasteiger charge is -2.10. The summed E-state index contributed by atoms with van der Waals surface area (Å²) in [4.78, 5) is 10.8. The Kier molecular flexibility index (Phi) is 4.13. The molecule has 1 rings (SSSR count). The summed E-state index contributed by atoms with van der Waals surface area (Å²) in [5.41, 5.74) is 1.02. The van der Waals surface area contributed by atoms with Gasteiger partial charge >= 0.3 is 5.97 Å². The average Bonchev–Trinajstić information content (AvgIpc) is 2.18. The van der Waals surface area contributed by atoms with Gasteiger partial charge in [0.1, 0.15) is 0 Å². The molecular formula is C11H14O3. The molecular weight excluding hydrogens is 180 g/mol. The van der Waals surface area contributed by atoms with E-state index in [1.165, 1.54) is 7.11 Å². The zero-order valence-electron chi connectivity index (χ0n) is 8.14. The number of hydrogen-bond acceptors (Lipinski definition) is 2. The molecule has 14 heavy (non-hydrogen) atoms. The van der Waals surface area contributed by atoms with Gasteiger partial charge in [0.05, 0.1) is 12.5 Å². The normalized spacial score (nSPS) is 12.4. The first-order valence-corrected chi connectivity index (χ1v) is 4.49. The number of aliphatic carboxylic acids is 1. The predicted octanol–water partition coefficient (Wildman–Crippen LogP) is 1.58. The maximum atomic E-state index is 10.8. The first-order chi connectivity index (χ1) is 6.74. The number of methoxy groups -OCH3 is 1. The van der Waals surface area contributed by atoms with Crippen LogP contribution >= 0.6 is 0 Å². The van der Waals surface area contributed by atoms with Gasteiger partial charge in [-0.15, -0.1) is 0 Å². The van der Waals surface area contributed by atoms with Crippen molar-refractivity contribution >= 4 is 5.97 Å². The van der Waals surface area contributed by atoms with Crippen molar-refractivity contribution in [3.63, 3.8) is 0 Å². The van der Waals surface area contributed by atoms with Gasteiger partial charge in [0, 0.05) is 7.11 Å². The van der Waals surface area contributed by atoms with E-state index in [-0.39, 0.29) is 6.61 Å². The molecule has 1 unspecified atom stereocenters. The Morgan fingerprint density at radius 2 is 2.07 bits per heavy atom. The summed E-state index contributed by atoms with van der Waals surface area (Å²) >= 11 is 0. The lowest BCUT2D eigenvalue weighted by molar-refractivity contribution is -0.143. The Bertz CT molecular complexity index is 282. The van der Waals surface area contributed by atoms with Crippen LogP contribution in [0, 0.1) is 5.92 Å². The highest BCUT2D eigenvalue weighted by Gasteiger charge is 2.17. The molecule has 3 nitrogen and oxygen atoms in total. The second kappa shape index (κ2) is 5.40. The average molecular weight is 194 g/mol. The monoisotopic (exact) mass is 194 g/mol. The summed E-state index contributed by atoms with van der Waals surface area (Å²) in [7, 11) is 1.51. The van der Waals surface area contributed by atoms with Crippen LogP contribution in [-0.2, 0) is 16.0 Å². The van der Waals surface area contributed by atoms with Crippen molar-refractivity contribution in [3.05, 3.63) is 35.9 Å². The minimum absolute atomic E-state index is 0.254. The van der Waals surface area contributed by atoms with Crippen LogP contribution in [0.1, 0.15) is 5.56 Å². The van der Waals surface area contributed by atoms with Crippen molar-refractivity contribution in [2.75, 3.05) is 13.7 Å². The van der Waals surface area contributed by atoms with Crippen molar-refractivity contribution in [1.29, 1.82) is 0 Å². The van der Waals surface area contributed by atoms with Crippen LogP contribution in [0.3, 0.4) is 0 Å². The van der Waals surface area contributed by atoms with Gasteiger partial charge in [0.2, 0.25) is 0 Å². The van der Waals surface area contributed by atoms with E-state index in [2.05, 4.69) is 0 Å². The lowest BCUT2D eigenvalue weighted by atomic mass is 10.0. The van der Waals surface area contributed by atoms with Crippen molar-refractivity contribution in [3.8, 4) is 0 Å². The van der Waals surface area contributed by atoms with Gasteiger partial charge in [-0.25, -0.2) is 0 Å². The maximum Gasteiger partial charge on any atom is 0.309 e. The topological polar surface area (TPSA) is 46.5 Å². The molecule has 0 spiro atoms. The van der Waals surface area contributed by atoms with Crippen LogP contribution in [0.4, 0.5) is 0 Å². The highest BCUT2D eigenvalue weighted by atomic mass is 16.5. The Balaban J connectivity index is 2.60. The molecule has 0 bridgehead atoms. The summed E-state index contributed by atoms with van der Waals surface area (Å²) in [5.74, 6) is -1.27. The lowest BCUT2D eigenvalue weighted by Crippen LogP contribution is -2.21. The largest absolute Gasteiger partial charge is 0.481 e. The van der Waals surface area contributed by atoms with E-state index in [4.69, 9.17) is 9.84 Å². The van der Waals surface area contributed by atoms with Crippen LogP contribution < -0.4 is 0 Å². The van der Waals surface area contributed by atoms with Gasteiger partial charge in [0.15, 0.2) is 0 Å². The van der Waals surface area contributed by atoms with E-state index in [1.54, 1.807) is 0 Å². The molecule has 1 atom stereocenters. The van der Waals surface area contributed by atoms with Gasteiger partial charge in [0.25, 0.3) is 0 Å². The third-order valence-corrected chi connectivity index (χ3v) is 2.04. The second-order valence-corrected chi connectivity index (χ2v) is 3.18. The van der Waals surface area contributed by atoms with Crippen LogP contribution in [0.25, 0.3) is 0 Å². The number of carboxylic acid groups (broad SMARTS) is 1. The molecule has 0 aromatic heterocycles. The first kappa shape index (κ1) is 10.7. The zero-order valence-corrected chi connectivity index (χ0v) is 8.14. The molecule has 0 amide bonds. The number of rotatable bonds is 5. The third-order valence-electron chi connectivity index (χ3n) is 2.04. The minimum Gasteiger partial charge on any atom is -0.481 e. The molecule has 0 fully saturated rings. The molecule has 0 aliphatic rings. The van der Waals surface area contributed by atoms with Crippen molar-refractivity contribution in [2.24, 2.45) is 5.92 Å². The zero-order chi connectivity index (χ0) is 10.4. The van der Waals surface area contributed by atoms with E-state index >= 15 is 0 Å². The van der Waals surface area contributed by atoms with Gasteiger partial charge in [-0.2, -0.15) is 0 Å². The second-order valence-electron chi connectivity index (χ2n) is 3.18. The molecule has 0 radical (unpaired) electrons. The molecule has 1 aromatic rings. The molecule has 1 N–H and O–H groups in total. The molecule has 0 heterocycles. The first-order valence-electron chi connectivity index (χ1n) is 4.49. The van der Waals surface area contributed by atoms with Crippen LogP contribution in [0.5, 0.6) is 0 Å². The Labute approximate surface area is 83.3 Å². The maximum absolute atomic E-state index is 10.8.